The number of hydrogen-bond acceptors (Lipinski definition) is 28. The van der Waals surface area contributed by atoms with Crippen LogP contribution in [0.25, 0.3) is 0 Å². The fourth-order valence-electron chi connectivity index (χ4n) is 4.43. The van der Waals surface area contributed by atoms with Gasteiger partial charge in [-0.1, -0.05) is 0 Å². The van der Waals surface area contributed by atoms with Gasteiger partial charge >= 0.3 is 74.0 Å². The second kappa shape index (κ2) is 38.2. The van der Waals surface area contributed by atoms with Crippen molar-refractivity contribution in [1.82, 2.24) is 0 Å². The van der Waals surface area contributed by atoms with Crippen LogP contribution < -0.4 is 20.4 Å². The van der Waals surface area contributed by atoms with E-state index in [-0.39, 0.29) is 79.1 Å². The Bertz CT molecular complexity index is 1360. The molecule has 0 aromatic heterocycles. The molecule has 0 unspecified atom stereocenters. The van der Waals surface area contributed by atoms with Crippen molar-refractivity contribution in [2.45, 2.75) is 129 Å². The zero-order valence-electron chi connectivity index (χ0n) is 39.4. The van der Waals surface area contributed by atoms with Gasteiger partial charge in [0.15, 0.2) is 0 Å². The molecule has 0 aliphatic carbocycles. The molecule has 0 radical (unpaired) electrons. The average molecular weight is 1080 g/mol. The Morgan fingerprint density at radius 3 is 0.420 bits per heavy atom. The molecule has 0 saturated carbocycles. The van der Waals surface area contributed by atoms with Crippen LogP contribution in [0.3, 0.4) is 0 Å². The van der Waals surface area contributed by atoms with E-state index in [4.69, 9.17) is 0 Å². The number of rotatable bonds is 28. The maximum atomic E-state index is 11.1. The SMILES string of the molecule is CCOC(=O)CC(O)(CC(=O)OCC)C(=O)[O-].CCOC(=O)CC(O)(CC(=O)OCC)C(=O)[O-].CCOC(=O)CC(O)(CC(=O)OCC)C(=O)[O-].CCOC(=O)CC(O)(CC(=O)OCC)C(=O)[O-].[Zr+4]. The summed E-state index contributed by atoms with van der Waals surface area (Å²) in [5.74, 6) is -15.1. The van der Waals surface area contributed by atoms with Crippen molar-refractivity contribution in [1.29, 1.82) is 0 Å². The number of ether oxygens (including phenoxy) is 8. The van der Waals surface area contributed by atoms with Crippen LogP contribution in [0.1, 0.15) is 107 Å². The van der Waals surface area contributed by atoms with Crippen LogP contribution in [0, 0.1) is 0 Å². The van der Waals surface area contributed by atoms with Gasteiger partial charge in [-0.05, 0) is 55.4 Å². The molecule has 0 fully saturated rings. The van der Waals surface area contributed by atoms with Gasteiger partial charge in [-0.2, -0.15) is 0 Å². The number of carboxylic acids is 4. The molecule has 0 rings (SSSR count). The van der Waals surface area contributed by atoms with E-state index >= 15 is 0 Å². The molecule has 0 heterocycles. The fraction of sp³-hybridized carbons (Fsp3) is 0.700. The van der Waals surface area contributed by atoms with E-state index in [1.54, 1.807) is 0 Å². The molecule has 29 heteroatoms. The Morgan fingerprint density at radius 2 is 0.362 bits per heavy atom. The molecule has 28 nitrogen and oxygen atoms in total. The maximum Gasteiger partial charge on any atom is 4.00 e. The van der Waals surface area contributed by atoms with Gasteiger partial charge in [0.2, 0.25) is 0 Å². The first-order valence-corrected chi connectivity index (χ1v) is 20.4. The molecule has 392 valence electrons. The minimum absolute atomic E-state index is 0. The van der Waals surface area contributed by atoms with Crippen LogP contribution in [0.4, 0.5) is 0 Å². The van der Waals surface area contributed by atoms with Crippen LogP contribution in [0.5, 0.6) is 0 Å². The van der Waals surface area contributed by atoms with Gasteiger partial charge in [0.1, 0.15) is 22.4 Å². The molecular weight excluding hydrogens is 1020 g/mol. The topological polar surface area (TPSA) is 452 Å². The normalized spacial score (nSPS) is 10.6. The van der Waals surface area contributed by atoms with E-state index in [0.717, 1.165) is 0 Å². The second-order valence-corrected chi connectivity index (χ2v) is 13.1. The van der Waals surface area contributed by atoms with Crippen molar-refractivity contribution in [3.63, 3.8) is 0 Å². The number of carbonyl (C=O) groups excluding carboxylic acids is 12. The van der Waals surface area contributed by atoms with Crippen molar-refractivity contribution in [3.05, 3.63) is 0 Å². The van der Waals surface area contributed by atoms with E-state index in [1.807, 2.05) is 0 Å². The summed E-state index contributed by atoms with van der Waals surface area (Å²) in [6.45, 7) is 12.6. The van der Waals surface area contributed by atoms with E-state index < -0.39 is 145 Å². The van der Waals surface area contributed by atoms with Gasteiger partial charge in [-0.15, -0.1) is 0 Å². The van der Waals surface area contributed by atoms with Crippen molar-refractivity contribution in [2.75, 3.05) is 52.9 Å². The van der Waals surface area contributed by atoms with Crippen molar-refractivity contribution in [3.8, 4) is 0 Å². The van der Waals surface area contributed by atoms with Crippen LogP contribution in [-0.2, 0) is 122 Å². The molecule has 0 saturated heterocycles. The monoisotopic (exact) mass is 1080 g/mol. The van der Waals surface area contributed by atoms with Gasteiger partial charge in [-0.25, -0.2) is 0 Å². The minimum Gasteiger partial charge on any atom is -0.547 e. The van der Waals surface area contributed by atoms with E-state index in [9.17, 15) is 98.4 Å². The average Bonchev–Trinajstić information content (AvgIpc) is 3.18. The quantitative estimate of drug-likeness (QED) is 0.0418. The first kappa shape index (κ1) is 72.3. The van der Waals surface area contributed by atoms with Gasteiger partial charge in [0.25, 0.3) is 0 Å². The zero-order chi connectivity index (χ0) is 53.9. The van der Waals surface area contributed by atoms with Gasteiger partial charge in [0.05, 0.1) is 128 Å². The van der Waals surface area contributed by atoms with Crippen molar-refractivity contribution >= 4 is 71.6 Å². The predicted molar refractivity (Wildman–Crippen MR) is 210 cm³/mol. The smallest absolute Gasteiger partial charge is 0.547 e. The first-order valence-electron chi connectivity index (χ1n) is 20.4. The number of aliphatic carboxylic acids is 4. The molecule has 0 aromatic carbocycles. The number of hydrogen-bond donors (Lipinski definition) is 4. The molecule has 4 N–H and O–H groups in total. The molecule has 0 aromatic rings. The van der Waals surface area contributed by atoms with Gasteiger partial charge in [-0.3, -0.25) is 38.4 Å². The first-order chi connectivity index (χ1) is 31.4. The Morgan fingerprint density at radius 1 is 0.275 bits per heavy atom. The fourth-order valence-corrected chi connectivity index (χ4v) is 4.43. The third-order valence-corrected chi connectivity index (χ3v) is 7.46. The van der Waals surface area contributed by atoms with Crippen LogP contribution in [0.2, 0.25) is 0 Å². The Hall–Kier alpha value is -5.64. The second-order valence-electron chi connectivity index (χ2n) is 13.1. The molecule has 0 spiro atoms. The summed E-state index contributed by atoms with van der Waals surface area (Å²) in [6.07, 6.45) is -6.87. The van der Waals surface area contributed by atoms with Gasteiger partial charge < -0.3 is 97.9 Å². The molecule has 0 aliphatic rings. The molecule has 0 aliphatic heterocycles. The van der Waals surface area contributed by atoms with E-state index in [0.29, 0.717) is 0 Å². The number of esters is 8. The molecule has 69 heavy (non-hydrogen) atoms. The third-order valence-electron chi connectivity index (χ3n) is 7.46. The van der Waals surface area contributed by atoms with Crippen LogP contribution in [0.15, 0.2) is 0 Å². The summed E-state index contributed by atoms with van der Waals surface area (Å²) in [6, 6.07) is 0. The standard InChI is InChI=1S/4C10H16O7.Zr/c4*1-3-16-7(11)5-10(15,9(13)14)6-8(12)17-4-2;/h4*15H,3-6H2,1-2H3,(H,13,14);/q;;;;+4/p-4. The van der Waals surface area contributed by atoms with Crippen LogP contribution >= 0.6 is 0 Å². The van der Waals surface area contributed by atoms with E-state index in [1.165, 1.54) is 55.4 Å². The van der Waals surface area contributed by atoms with Crippen molar-refractivity contribution in [2.24, 2.45) is 0 Å². The third kappa shape index (κ3) is 33.5. The zero-order valence-corrected chi connectivity index (χ0v) is 41.9. The largest absolute Gasteiger partial charge is 4.00 e. The summed E-state index contributed by atoms with van der Waals surface area (Å²) in [5, 5.41) is 81.4. The molecule has 0 atom stereocenters. The number of carboxylic acid groups (broad SMARTS) is 4. The molecule has 0 bridgehead atoms. The summed E-state index contributed by atoms with van der Waals surface area (Å²) < 4.78 is 35.9. The summed E-state index contributed by atoms with van der Waals surface area (Å²) in [4.78, 5) is 132. The van der Waals surface area contributed by atoms with Gasteiger partial charge in [0, 0.05) is 0 Å². The molecular formula is C40H60O28Zr. The number of carbonyl (C=O) groups is 12. The summed E-state index contributed by atoms with van der Waals surface area (Å²) in [7, 11) is 0. The van der Waals surface area contributed by atoms with Crippen molar-refractivity contribution < 1.29 is 162 Å². The Labute approximate surface area is 414 Å². The summed E-state index contributed by atoms with van der Waals surface area (Å²) >= 11 is 0. The van der Waals surface area contributed by atoms with E-state index in [2.05, 4.69) is 37.9 Å². The van der Waals surface area contributed by atoms with Crippen LogP contribution in [-0.4, -0.2) is 167 Å². The molecule has 0 amide bonds. The number of aliphatic hydroxyl groups is 4. The Balaban J connectivity index is -0.000000263. The maximum absolute atomic E-state index is 11.1. The minimum atomic E-state index is -2.60. The predicted octanol–water partition coefficient (Wildman–Crippen LogP) is -6.51. The Kier molecular flexibility index (Phi) is 40.1. The summed E-state index contributed by atoms with van der Waals surface area (Å²) in [5.41, 5.74) is -10.4.